The summed E-state index contributed by atoms with van der Waals surface area (Å²) >= 11 is 0. The summed E-state index contributed by atoms with van der Waals surface area (Å²) in [6, 6.07) is 19.1. The average molecular weight is 336 g/mol. The summed E-state index contributed by atoms with van der Waals surface area (Å²) in [5.74, 6) is 0. The fourth-order valence-electron chi connectivity index (χ4n) is 4.12. The zero-order valence-corrected chi connectivity index (χ0v) is 14.6. The molecule has 2 fully saturated rings. The number of nitrogens with zero attached hydrogens (tertiary/aromatic N) is 2. The Bertz CT molecular complexity index is 762. The molecule has 130 valence electrons. The van der Waals surface area contributed by atoms with E-state index < -0.39 is 0 Å². The van der Waals surface area contributed by atoms with Crippen molar-refractivity contribution < 1.29 is 9.53 Å². The topological polar surface area (TPSA) is 32.8 Å². The van der Waals surface area contributed by atoms with Gasteiger partial charge in [0.25, 0.3) is 0 Å². The Morgan fingerprint density at radius 1 is 1.04 bits per heavy atom. The second-order valence-corrected chi connectivity index (χ2v) is 7.29. The molecule has 1 amide bonds. The van der Waals surface area contributed by atoms with Gasteiger partial charge < -0.3 is 4.74 Å². The highest BCUT2D eigenvalue weighted by molar-refractivity contribution is 5.71. The van der Waals surface area contributed by atoms with Crippen molar-refractivity contribution in [2.75, 3.05) is 26.2 Å². The van der Waals surface area contributed by atoms with Crippen molar-refractivity contribution in [3.05, 3.63) is 71.3 Å². The van der Waals surface area contributed by atoms with Crippen LogP contribution in [0.25, 0.3) is 0 Å². The van der Waals surface area contributed by atoms with E-state index in [1.54, 1.807) is 0 Å². The van der Waals surface area contributed by atoms with Gasteiger partial charge in [0.05, 0.1) is 5.54 Å². The fourth-order valence-corrected chi connectivity index (χ4v) is 4.12. The second kappa shape index (κ2) is 6.52. The number of hydrogen-bond acceptors (Lipinski definition) is 3. The molecule has 1 atom stereocenters. The molecule has 0 bridgehead atoms. The van der Waals surface area contributed by atoms with Crippen LogP contribution in [0.1, 0.15) is 16.7 Å². The van der Waals surface area contributed by atoms with E-state index >= 15 is 0 Å². The normalized spacial score (nSPS) is 23.4. The quantitative estimate of drug-likeness (QED) is 0.859. The number of ether oxygens (including phenoxy) is 1. The minimum Gasteiger partial charge on any atom is -0.447 e. The van der Waals surface area contributed by atoms with E-state index in [-0.39, 0.29) is 11.6 Å². The molecule has 2 aromatic carbocycles. The predicted octanol–water partition coefficient (Wildman–Crippen LogP) is 3.24. The SMILES string of the molecule is Cc1cccc(CN2CCN3C(=O)OCC3(Cc3ccccc3)C2)c1. The Hall–Kier alpha value is -2.33. The maximum atomic E-state index is 12.2. The number of hydrogen-bond donors (Lipinski definition) is 0. The molecule has 0 N–H and O–H groups in total. The zero-order chi connectivity index (χ0) is 17.3. The molecule has 0 saturated carbocycles. The lowest BCUT2D eigenvalue weighted by Crippen LogP contribution is -2.62. The van der Waals surface area contributed by atoms with Crippen LogP contribution >= 0.6 is 0 Å². The van der Waals surface area contributed by atoms with Gasteiger partial charge in [0.15, 0.2) is 0 Å². The third kappa shape index (κ3) is 3.27. The van der Waals surface area contributed by atoms with Crippen molar-refractivity contribution in [2.24, 2.45) is 0 Å². The lowest BCUT2D eigenvalue weighted by Gasteiger charge is -2.45. The van der Waals surface area contributed by atoms with E-state index in [1.165, 1.54) is 16.7 Å². The zero-order valence-electron chi connectivity index (χ0n) is 14.6. The minimum absolute atomic E-state index is 0.161. The summed E-state index contributed by atoms with van der Waals surface area (Å²) in [4.78, 5) is 16.6. The van der Waals surface area contributed by atoms with Crippen molar-refractivity contribution in [2.45, 2.75) is 25.4 Å². The highest BCUT2D eigenvalue weighted by Gasteiger charge is 2.50. The van der Waals surface area contributed by atoms with Crippen molar-refractivity contribution in [1.29, 1.82) is 0 Å². The molecule has 2 heterocycles. The van der Waals surface area contributed by atoms with Crippen LogP contribution in [0.15, 0.2) is 54.6 Å². The maximum absolute atomic E-state index is 12.2. The number of cyclic esters (lactones) is 1. The molecule has 2 aliphatic rings. The number of amides is 1. The monoisotopic (exact) mass is 336 g/mol. The van der Waals surface area contributed by atoms with Crippen molar-refractivity contribution in [1.82, 2.24) is 9.80 Å². The molecular weight excluding hydrogens is 312 g/mol. The Morgan fingerprint density at radius 2 is 1.84 bits per heavy atom. The van der Waals surface area contributed by atoms with Crippen LogP contribution in [0.2, 0.25) is 0 Å². The number of fused-ring (bicyclic) bond motifs is 1. The van der Waals surface area contributed by atoms with Gasteiger partial charge in [-0.15, -0.1) is 0 Å². The molecule has 0 aromatic heterocycles. The van der Waals surface area contributed by atoms with Gasteiger partial charge in [-0.25, -0.2) is 4.79 Å². The van der Waals surface area contributed by atoms with Crippen LogP contribution in [0.5, 0.6) is 0 Å². The summed E-state index contributed by atoms with van der Waals surface area (Å²) < 4.78 is 5.45. The lowest BCUT2D eigenvalue weighted by atomic mass is 9.88. The number of piperazine rings is 1. The molecule has 0 spiro atoms. The molecule has 2 saturated heterocycles. The van der Waals surface area contributed by atoms with E-state index in [9.17, 15) is 4.79 Å². The molecule has 25 heavy (non-hydrogen) atoms. The smallest absolute Gasteiger partial charge is 0.410 e. The third-order valence-corrected chi connectivity index (χ3v) is 5.28. The van der Waals surface area contributed by atoms with Gasteiger partial charge in [0.1, 0.15) is 6.61 Å². The third-order valence-electron chi connectivity index (χ3n) is 5.28. The summed E-state index contributed by atoms with van der Waals surface area (Å²) in [7, 11) is 0. The minimum atomic E-state index is -0.249. The largest absolute Gasteiger partial charge is 0.447 e. The number of aryl methyl sites for hydroxylation is 1. The summed E-state index contributed by atoms with van der Waals surface area (Å²) in [6.45, 7) is 5.99. The Kier molecular flexibility index (Phi) is 4.22. The lowest BCUT2D eigenvalue weighted by molar-refractivity contribution is 0.0476. The van der Waals surface area contributed by atoms with Crippen molar-refractivity contribution in [3.8, 4) is 0 Å². The Labute approximate surface area is 149 Å². The van der Waals surface area contributed by atoms with Gasteiger partial charge in [-0.3, -0.25) is 9.80 Å². The Balaban J connectivity index is 1.55. The predicted molar refractivity (Wildman–Crippen MR) is 97.4 cm³/mol. The molecule has 2 aromatic rings. The van der Waals surface area contributed by atoms with Crippen LogP contribution in [0.4, 0.5) is 4.79 Å². The summed E-state index contributed by atoms with van der Waals surface area (Å²) in [5.41, 5.74) is 3.62. The van der Waals surface area contributed by atoms with Gasteiger partial charge in [-0.05, 0) is 18.1 Å². The highest BCUT2D eigenvalue weighted by Crippen LogP contribution is 2.32. The first-order valence-corrected chi connectivity index (χ1v) is 8.91. The molecule has 4 nitrogen and oxygen atoms in total. The number of benzene rings is 2. The number of carbonyl (C=O) groups is 1. The van der Waals surface area contributed by atoms with E-state index in [0.717, 1.165) is 32.6 Å². The molecule has 4 heteroatoms. The first-order valence-electron chi connectivity index (χ1n) is 8.91. The van der Waals surface area contributed by atoms with E-state index in [2.05, 4.69) is 60.4 Å². The average Bonchev–Trinajstić information content (AvgIpc) is 2.92. The van der Waals surface area contributed by atoms with Gasteiger partial charge in [0, 0.05) is 32.6 Å². The molecule has 2 aliphatic heterocycles. The highest BCUT2D eigenvalue weighted by atomic mass is 16.6. The van der Waals surface area contributed by atoms with Crippen LogP contribution in [0.3, 0.4) is 0 Å². The van der Waals surface area contributed by atoms with Crippen molar-refractivity contribution in [3.63, 3.8) is 0 Å². The van der Waals surface area contributed by atoms with Crippen LogP contribution < -0.4 is 0 Å². The van der Waals surface area contributed by atoms with E-state index in [0.29, 0.717) is 6.61 Å². The molecule has 0 aliphatic carbocycles. The molecular formula is C21H24N2O2. The molecule has 0 radical (unpaired) electrons. The summed E-state index contributed by atoms with van der Waals surface area (Å²) in [5, 5.41) is 0. The van der Waals surface area contributed by atoms with Gasteiger partial charge in [-0.1, -0.05) is 60.2 Å². The molecule has 1 unspecified atom stereocenters. The van der Waals surface area contributed by atoms with Crippen LogP contribution in [-0.2, 0) is 17.7 Å². The van der Waals surface area contributed by atoms with E-state index in [4.69, 9.17) is 4.74 Å². The fraction of sp³-hybridized carbons (Fsp3) is 0.381. The second-order valence-electron chi connectivity index (χ2n) is 7.29. The van der Waals surface area contributed by atoms with Gasteiger partial charge >= 0.3 is 6.09 Å². The standard InChI is InChI=1S/C21H24N2O2/c1-17-6-5-9-19(12-17)14-22-10-11-23-20(24)25-16-21(23,15-22)13-18-7-3-2-4-8-18/h2-9,12H,10-11,13-16H2,1H3. The summed E-state index contributed by atoms with van der Waals surface area (Å²) in [6.07, 6.45) is 0.676. The first kappa shape index (κ1) is 16.2. The van der Waals surface area contributed by atoms with Crippen molar-refractivity contribution >= 4 is 6.09 Å². The van der Waals surface area contributed by atoms with Gasteiger partial charge in [0.2, 0.25) is 0 Å². The molecule has 4 rings (SSSR count). The van der Waals surface area contributed by atoms with E-state index in [1.807, 2.05) is 11.0 Å². The number of rotatable bonds is 4. The Morgan fingerprint density at radius 3 is 2.64 bits per heavy atom. The maximum Gasteiger partial charge on any atom is 0.410 e. The van der Waals surface area contributed by atoms with Crippen LogP contribution in [-0.4, -0.2) is 47.7 Å². The van der Waals surface area contributed by atoms with Crippen LogP contribution in [0, 0.1) is 6.92 Å². The van der Waals surface area contributed by atoms with Gasteiger partial charge in [-0.2, -0.15) is 0 Å². The number of carbonyl (C=O) groups excluding carboxylic acids is 1. The first-order chi connectivity index (χ1) is 12.1.